The fourth-order valence-corrected chi connectivity index (χ4v) is 1.86. The molecule has 14 heavy (non-hydrogen) atoms. The average Bonchev–Trinajstić information content (AvgIpc) is 2.02. The lowest BCUT2D eigenvalue weighted by molar-refractivity contribution is -0.118. The van der Waals surface area contributed by atoms with Crippen LogP contribution in [0.1, 0.15) is 10.8 Å². The van der Waals surface area contributed by atoms with E-state index in [1.165, 1.54) is 24.3 Å². The monoisotopic (exact) mass is 214 g/mol. The molecule has 0 saturated heterocycles. The third kappa shape index (κ3) is 2.30. The van der Waals surface area contributed by atoms with Crippen LogP contribution in [-0.4, -0.2) is 18.9 Å². The summed E-state index contributed by atoms with van der Waals surface area (Å²) in [5.41, 5.74) is 6.84. The van der Waals surface area contributed by atoms with Gasteiger partial charge in [0.15, 0.2) is 5.25 Å². The fourth-order valence-electron chi connectivity index (χ4n) is 1.09. The predicted molar refractivity (Wildman–Crippen MR) is 48.8 cm³/mol. The minimum Gasteiger partial charge on any atom is -0.285 e. The number of hydrogen-bond donors (Lipinski definition) is 1. The van der Waals surface area contributed by atoms with Crippen molar-refractivity contribution in [1.82, 2.24) is 5.73 Å². The number of hydrogen-bond acceptors (Lipinski definition) is 3. The highest BCUT2D eigenvalue weighted by Crippen LogP contribution is 2.20. The first-order chi connectivity index (χ1) is 6.43. The molecular formula is C8H8NO4S. The number of benzene rings is 1. The summed E-state index contributed by atoms with van der Waals surface area (Å²) in [6.07, 6.45) is 0. The molecule has 0 saturated carbocycles. The first-order valence-electron chi connectivity index (χ1n) is 3.69. The van der Waals surface area contributed by atoms with Gasteiger partial charge in [-0.1, -0.05) is 30.3 Å². The smallest absolute Gasteiger partial charge is 0.281 e. The van der Waals surface area contributed by atoms with Gasteiger partial charge in [-0.15, -0.1) is 0 Å². The van der Waals surface area contributed by atoms with Crippen molar-refractivity contribution in [3.05, 3.63) is 35.9 Å². The maximum atomic E-state index is 10.8. The van der Waals surface area contributed by atoms with Crippen molar-refractivity contribution in [2.24, 2.45) is 0 Å². The summed E-state index contributed by atoms with van der Waals surface area (Å²) >= 11 is 0. The zero-order valence-electron chi connectivity index (χ0n) is 7.04. The summed E-state index contributed by atoms with van der Waals surface area (Å²) in [5.74, 6) is -1.35. The van der Waals surface area contributed by atoms with Crippen LogP contribution in [0.15, 0.2) is 30.3 Å². The molecule has 1 rings (SSSR count). The topological polar surface area (TPSA) is 95.2 Å². The number of carbonyl (C=O) groups is 1. The van der Waals surface area contributed by atoms with Crippen LogP contribution < -0.4 is 5.73 Å². The predicted octanol–water partition coefficient (Wildman–Crippen LogP) is 0.425. The van der Waals surface area contributed by atoms with Crippen molar-refractivity contribution in [3.8, 4) is 0 Å². The van der Waals surface area contributed by atoms with E-state index in [1.807, 2.05) is 0 Å². The molecule has 2 N–H and O–H groups in total. The van der Waals surface area contributed by atoms with Crippen molar-refractivity contribution in [1.29, 1.82) is 0 Å². The molecule has 0 aromatic heterocycles. The Morgan fingerprint density at radius 1 is 1.29 bits per heavy atom. The van der Waals surface area contributed by atoms with Crippen molar-refractivity contribution in [2.45, 2.75) is 5.25 Å². The molecule has 0 aliphatic rings. The molecule has 75 valence electrons. The molecular weight excluding hydrogens is 206 g/mol. The normalized spacial score (nSPS) is 13.5. The van der Waals surface area contributed by atoms with E-state index >= 15 is 0 Å². The van der Waals surface area contributed by atoms with Gasteiger partial charge in [0.25, 0.3) is 16.0 Å². The highest BCUT2D eigenvalue weighted by Gasteiger charge is 2.31. The summed E-state index contributed by atoms with van der Waals surface area (Å²) in [5, 5.41) is -1.80. The second-order valence-electron chi connectivity index (χ2n) is 2.67. The number of nitrogens with one attached hydrogen (secondary N) is 1. The molecule has 0 fully saturated rings. The van der Waals surface area contributed by atoms with Crippen molar-refractivity contribution in [2.75, 3.05) is 0 Å². The first-order valence-corrected chi connectivity index (χ1v) is 5.20. The fraction of sp³-hybridized carbons (Fsp3) is 0.125. The van der Waals surface area contributed by atoms with Crippen molar-refractivity contribution < 1.29 is 17.8 Å². The molecule has 0 heterocycles. The summed E-state index contributed by atoms with van der Waals surface area (Å²) in [4.78, 5) is 10.7. The molecule has 0 aliphatic heterocycles. The zero-order chi connectivity index (χ0) is 10.8. The Hall–Kier alpha value is -1.40. The van der Waals surface area contributed by atoms with E-state index in [4.69, 9.17) is 10.3 Å². The van der Waals surface area contributed by atoms with Crippen LogP contribution in [0.4, 0.5) is 0 Å². The SMILES string of the molecule is [NH]C(=O)[C@@H](c1ccccc1)S(=O)(=O)O. The van der Waals surface area contributed by atoms with Crippen LogP contribution in [0.25, 0.3) is 0 Å². The third-order valence-electron chi connectivity index (χ3n) is 1.64. The Morgan fingerprint density at radius 2 is 1.79 bits per heavy atom. The second-order valence-corrected chi connectivity index (χ2v) is 4.17. The summed E-state index contributed by atoms with van der Waals surface area (Å²) in [7, 11) is -4.55. The van der Waals surface area contributed by atoms with E-state index in [2.05, 4.69) is 0 Å². The van der Waals surface area contributed by atoms with Crippen molar-refractivity contribution >= 4 is 16.0 Å². The molecule has 5 nitrogen and oxygen atoms in total. The van der Waals surface area contributed by atoms with Gasteiger partial charge in [-0.05, 0) is 5.56 Å². The molecule has 0 unspecified atom stereocenters. The van der Waals surface area contributed by atoms with Crippen molar-refractivity contribution in [3.63, 3.8) is 0 Å². The molecule has 6 heteroatoms. The summed E-state index contributed by atoms with van der Waals surface area (Å²) in [6.45, 7) is 0. The van der Waals surface area contributed by atoms with E-state index in [0.717, 1.165) is 0 Å². The first kappa shape index (κ1) is 10.7. The molecule has 0 aliphatic carbocycles. The lowest BCUT2D eigenvalue weighted by atomic mass is 10.1. The molecule has 0 spiro atoms. The highest BCUT2D eigenvalue weighted by atomic mass is 32.2. The summed E-state index contributed by atoms with van der Waals surface area (Å²) in [6, 6.07) is 7.42. The molecule has 1 radical (unpaired) electrons. The second kappa shape index (κ2) is 3.77. The molecule has 1 amide bonds. The Balaban J connectivity index is 3.22. The van der Waals surface area contributed by atoms with E-state index in [0.29, 0.717) is 0 Å². The number of carbonyl (C=O) groups excluding carboxylic acids is 1. The Labute approximate surface area is 81.3 Å². The van der Waals surface area contributed by atoms with Gasteiger partial charge in [-0.2, -0.15) is 8.42 Å². The average molecular weight is 214 g/mol. The van der Waals surface area contributed by atoms with Crippen LogP contribution in [0.3, 0.4) is 0 Å². The van der Waals surface area contributed by atoms with E-state index < -0.39 is 21.3 Å². The van der Waals surface area contributed by atoms with E-state index in [1.54, 1.807) is 6.07 Å². The van der Waals surface area contributed by atoms with Crippen LogP contribution in [0, 0.1) is 0 Å². The molecule has 1 atom stereocenters. The third-order valence-corrected chi connectivity index (χ3v) is 2.72. The van der Waals surface area contributed by atoms with Crippen LogP contribution in [0.2, 0.25) is 0 Å². The van der Waals surface area contributed by atoms with Gasteiger partial charge in [-0.3, -0.25) is 15.1 Å². The molecule has 1 aromatic rings. The minimum absolute atomic E-state index is 0.0926. The van der Waals surface area contributed by atoms with Gasteiger partial charge in [0.05, 0.1) is 0 Å². The molecule has 0 bridgehead atoms. The lowest BCUT2D eigenvalue weighted by Crippen LogP contribution is -2.22. The molecule has 1 aromatic carbocycles. The number of rotatable bonds is 3. The Bertz CT molecular complexity index is 426. The van der Waals surface area contributed by atoms with Gasteiger partial charge in [0.2, 0.25) is 0 Å². The van der Waals surface area contributed by atoms with Gasteiger partial charge < -0.3 is 0 Å². The van der Waals surface area contributed by atoms with Crippen LogP contribution in [0.5, 0.6) is 0 Å². The van der Waals surface area contributed by atoms with Gasteiger partial charge in [-0.25, -0.2) is 0 Å². The quantitative estimate of drug-likeness (QED) is 0.738. The van der Waals surface area contributed by atoms with Crippen LogP contribution in [-0.2, 0) is 14.9 Å². The van der Waals surface area contributed by atoms with Gasteiger partial charge in [0.1, 0.15) is 0 Å². The standard InChI is InChI=1S/C8H8NO4S/c9-8(10)7(14(11,12)13)6-4-2-1-3-5-6/h1-5,7,9H,(H,11,12,13)/t7-/m1/s1. The minimum atomic E-state index is -4.55. The maximum absolute atomic E-state index is 10.8. The van der Waals surface area contributed by atoms with E-state index in [9.17, 15) is 13.2 Å². The van der Waals surface area contributed by atoms with Crippen LogP contribution >= 0.6 is 0 Å². The lowest BCUT2D eigenvalue weighted by Gasteiger charge is -2.08. The van der Waals surface area contributed by atoms with Gasteiger partial charge >= 0.3 is 0 Å². The Kier molecular flexibility index (Phi) is 2.87. The van der Waals surface area contributed by atoms with E-state index in [-0.39, 0.29) is 5.56 Å². The Morgan fingerprint density at radius 3 is 2.14 bits per heavy atom. The largest absolute Gasteiger partial charge is 0.285 e. The highest BCUT2D eigenvalue weighted by molar-refractivity contribution is 7.86. The number of amides is 1. The zero-order valence-corrected chi connectivity index (χ0v) is 7.86. The maximum Gasteiger partial charge on any atom is 0.281 e. The summed E-state index contributed by atoms with van der Waals surface area (Å²) < 4.78 is 30.3. The van der Waals surface area contributed by atoms with Gasteiger partial charge in [0, 0.05) is 0 Å².